The Morgan fingerprint density at radius 3 is 1.96 bits per heavy atom. The number of aliphatic carboxylic acids is 2. The van der Waals surface area contributed by atoms with Gasteiger partial charge in [-0.1, -0.05) is 38.8 Å². The van der Waals surface area contributed by atoms with Gasteiger partial charge in [-0.2, -0.15) is 0 Å². The number of aromatic nitrogens is 4. The van der Waals surface area contributed by atoms with E-state index in [1.165, 1.54) is 12.8 Å². The Labute approximate surface area is 287 Å². The minimum absolute atomic E-state index is 0.00978. The molecule has 0 saturated carbocycles. The van der Waals surface area contributed by atoms with Crippen molar-refractivity contribution in [2.45, 2.75) is 99.0 Å². The lowest BCUT2D eigenvalue weighted by molar-refractivity contribution is -0.138. The Morgan fingerprint density at radius 2 is 1.29 bits per heavy atom. The van der Waals surface area contributed by atoms with Crippen molar-refractivity contribution in [2.75, 3.05) is 6.61 Å². The van der Waals surface area contributed by atoms with Gasteiger partial charge in [-0.3, -0.25) is 9.59 Å². The van der Waals surface area contributed by atoms with Gasteiger partial charge in [-0.05, 0) is 112 Å². The number of hydrogen-bond acceptors (Lipinski definition) is 3. The van der Waals surface area contributed by atoms with Crippen LogP contribution < -0.4 is 21.4 Å². The first-order valence-electron chi connectivity index (χ1n) is 17.4. The van der Waals surface area contributed by atoms with Crippen LogP contribution in [0.2, 0.25) is 0 Å². The highest BCUT2D eigenvalue weighted by atomic mass is 16.5. The molecule has 0 spiro atoms. The van der Waals surface area contributed by atoms with Crippen LogP contribution in [0.4, 0.5) is 0 Å². The maximum absolute atomic E-state index is 11.7. The van der Waals surface area contributed by atoms with Gasteiger partial charge in [0.05, 0.1) is 6.10 Å². The summed E-state index contributed by atoms with van der Waals surface area (Å²) in [5.41, 5.74) is 11.5. The molecule has 0 aliphatic carbocycles. The van der Waals surface area contributed by atoms with Crippen LogP contribution in [0.3, 0.4) is 0 Å². The normalized spacial score (nSPS) is 12.9. The van der Waals surface area contributed by atoms with E-state index in [9.17, 15) is 19.8 Å². The minimum atomic E-state index is -0.865. The SMILES string of the molecule is C=Cc1c2[nH]c(c1C)C=c1[nH]c(c(C)c1C(C)OCCCCCC)=Cc1[nH]c(c(CCC(=O)O)c1C)C=c1[nH]c(c(C)c1CCC(=O)O)=C2. The number of unbranched alkanes of at least 4 members (excludes halogenated alkanes) is 3. The van der Waals surface area contributed by atoms with E-state index >= 15 is 0 Å². The van der Waals surface area contributed by atoms with E-state index in [0.29, 0.717) is 19.4 Å². The zero-order valence-corrected chi connectivity index (χ0v) is 29.7. The Morgan fingerprint density at radius 1 is 0.714 bits per heavy atom. The number of carboxylic acid groups (broad SMARTS) is 2. The third-order valence-corrected chi connectivity index (χ3v) is 9.95. The van der Waals surface area contributed by atoms with Crippen LogP contribution >= 0.6 is 0 Å². The molecule has 0 amide bonds. The predicted molar refractivity (Wildman–Crippen MR) is 195 cm³/mol. The van der Waals surface area contributed by atoms with Crippen molar-refractivity contribution in [1.29, 1.82) is 0 Å². The zero-order valence-electron chi connectivity index (χ0n) is 29.7. The van der Waals surface area contributed by atoms with Crippen molar-refractivity contribution in [2.24, 2.45) is 0 Å². The fraction of sp³-hybridized carbons (Fsp3) is 0.400. The summed E-state index contributed by atoms with van der Waals surface area (Å²) in [5.74, 6) is -1.73. The van der Waals surface area contributed by atoms with Gasteiger partial charge < -0.3 is 34.9 Å². The molecule has 0 fully saturated rings. The summed E-state index contributed by atoms with van der Waals surface area (Å²) < 4.78 is 6.42. The molecule has 4 aromatic rings. The molecule has 5 heterocycles. The first-order chi connectivity index (χ1) is 23.4. The van der Waals surface area contributed by atoms with Gasteiger partial charge in [0.15, 0.2) is 0 Å². The fourth-order valence-electron chi connectivity index (χ4n) is 7.06. The summed E-state index contributed by atoms with van der Waals surface area (Å²) in [4.78, 5) is 37.8. The summed E-state index contributed by atoms with van der Waals surface area (Å²) in [7, 11) is 0. The van der Waals surface area contributed by atoms with Crippen LogP contribution in [0.5, 0.6) is 0 Å². The van der Waals surface area contributed by atoms with E-state index in [0.717, 1.165) is 102 Å². The van der Waals surface area contributed by atoms with Crippen molar-refractivity contribution in [3.8, 4) is 0 Å². The Kier molecular flexibility index (Phi) is 11.0. The zero-order chi connectivity index (χ0) is 35.4. The molecular weight excluding hydrogens is 616 g/mol. The van der Waals surface area contributed by atoms with E-state index in [4.69, 9.17) is 4.74 Å². The smallest absolute Gasteiger partial charge is 0.303 e. The molecule has 1 unspecified atom stereocenters. The summed E-state index contributed by atoms with van der Waals surface area (Å²) in [6.45, 7) is 17.4. The van der Waals surface area contributed by atoms with Gasteiger partial charge in [-0.25, -0.2) is 0 Å². The molecule has 9 heteroatoms. The van der Waals surface area contributed by atoms with Crippen LogP contribution in [-0.2, 0) is 27.2 Å². The molecule has 8 bridgehead atoms. The second-order valence-corrected chi connectivity index (χ2v) is 13.2. The maximum atomic E-state index is 11.7. The largest absolute Gasteiger partial charge is 0.481 e. The van der Waals surface area contributed by atoms with Crippen LogP contribution in [0.1, 0.15) is 126 Å². The summed E-state index contributed by atoms with van der Waals surface area (Å²) in [6.07, 6.45) is 15.2. The highest BCUT2D eigenvalue weighted by Crippen LogP contribution is 2.24. The van der Waals surface area contributed by atoms with E-state index in [1.54, 1.807) is 0 Å². The number of rotatable bonds is 14. The van der Waals surface area contributed by atoms with Gasteiger partial charge >= 0.3 is 11.9 Å². The Hall–Kier alpha value is -4.76. The number of carbonyl (C=O) groups is 2. The number of fused-ring (bicyclic) bond motifs is 8. The molecule has 0 saturated heterocycles. The molecule has 0 aromatic carbocycles. The third-order valence-electron chi connectivity index (χ3n) is 9.95. The number of H-pyrrole nitrogens is 4. The minimum Gasteiger partial charge on any atom is -0.481 e. The maximum Gasteiger partial charge on any atom is 0.303 e. The molecule has 1 aliphatic rings. The summed E-state index contributed by atoms with van der Waals surface area (Å²) in [5, 5.41) is 22.7. The molecule has 5 rings (SSSR count). The molecule has 49 heavy (non-hydrogen) atoms. The van der Waals surface area contributed by atoms with Gasteiger partial charge in [0.25, 0.3) is 0 Å². The Bertz CT molecular complexity index is 2140. The highest BCUT2D eigenvalue weighted by Gasteiger charge is 2.19. The molecule has 6 N–H and O–H groups in total. The number of carboxylic acids is 2. The van der Waals surface area contributed by atoms with E-state index in [-0.39, 0.29) is 18.9 Å². The molecular formula is C40H50N4O5. The van der Waals surface area contributed by atoms with E-state index in [1.807, 2.05) is 26.0 Å². The van der Waals surface area contributed by atoms with Crippen LogP contribution in [0, 0.1) is 27.7 Å². The third kappa shape index (κ3) is 7.62. The first kappa shape index (κ1) is 35.5. The molecule has 0 radical (unpaired) electrons. The molecule has 1 atom stereocenters. The lowest BCUT2D eigenvalue weighted by Crippen LogP contribution is -2.15. The monoisotopic (exact) mass is 666 g/mol. The number of nitrogens with one attached hydrogen (secondary N) is 4. The second-order valence-electron chi connectivity index (χ2n) is 13.2. The number of hydrogen-bond donors (Lipinski definition) is 6. The van der Waals surface area contributed by atoms with Crippen molar-refractivity contribution < 1.29 is 24.5 Å². The quantitative estimate of drug-likeness (QED) is 0.0903. The molecule has 1 aliphatic heterocycles. The van der Waals surface area contributed by atoms with Crippen molar-refractivity contribution in [1.82, 2.24) is 19.9 Å². The van der Waals surface area contributed by atoms with Crippen LogP contribution in [0.15, 0.2) is 6.58 Å². The van der Waals surface area contributed by atoms with Crippen molar-refractivity contribution >= 4 is 42.3 Å². The van der Waals surface area contributed by atoms with E-state index < -0.39 is 11.9 Å². The van der Waals surface area contributed by atoms with Crippen LogP contribution in [0.25, 0.3) is 30.4 Å². The predicted octanol–water partition coefficient (Wildman–Crippen LogP) is 5.20. The first-order valence-corrected chi connectivity index (χ1v) is 17.4. The highest BCUT2D eigenvalue weighted by molar-refractivity contribution is 5.72. The lowest BCUT2D eigenvalue weighted by atomic mass is 10.0. The van der Waals surface area contributed by atoms with Gasteiger partial charge in [-0.15, -0.1) is 0 Å². The summed E-state index contributed by atoms with van der Waals surface area (Å²) >= 11 is 0. The van der Waals surface area contributed by atoms with E-state index in [2.05, 4.69) is 72.4 Å². The molecule has 260 valence electrons. The van der Waals surface area contributed by atoms with Gasteiger partial charge in [0.1, 0.15) is 0 Å². The average molecular weight is 667 g/mol. The second kappa shape index (κ2) is 15.2. The van der Waals surface area contributed by atoms with Crippen molar-refractivity contribution in [3.63, 3.8) is 0 Å². The average Bonchev–Trinajstić information content (AvgIpc) is 3.71. The van der Waals surface area contributed by atoms with Gasteiger partial charge in [0, 0.05) is 74.7 Å². The van der Waals surface area contributed by atoms with Gasteiger partial charge in [0.2, 0.25) is 0 Å². The molecule has 4 aromatic heterocycles. The topological polar surface area (TPSA) is 147 Å². The summed E-state index contributed by atoms with van der Waals surface area (Å²) in [6, 6.07) is 0. The standard InChI is InChI=1S/C40H50N4O5/c1-8-10-11-12-17-49-26(7)40-25(6)33-18-30-23(4)28(13-15-38(45)46)35(42-30)21-36-29(14-16-39(47)48)24(5)31(43-36)19-34-27(9-2)22(3)32(41-34)20-37(40)44-33/h9,18-21,26,41-44H,2,8,10-17H2,1,3-7H3,(H,45,46)(H,47,48). The van der Waals surface area contributed by atoms with Crippen LogP contribution in [-0.4, -0.2) is 48.7 Å². The number of aromatic amines is 4. The number of ether oxygens (including phenoxy) is 1. The lowest BCUT2D eigenvalue weighted by Gasteiger charge is -2.13. The fourth-order valence-corrected chi connectivity index (χ4v) is 7.06. The Balaban J connectivity index is 1.81. The van der Waals surface area contributed by atoms with Crippen molar-refractivity contribution in [3.05, 3.63) is 95.3 Å². The molecule has 9 nitrogen and oxygen atoms in total.